The smallest absolute Gasteiger partial charge is 0.393 e. The highest BCUT2D eigenvalue weighted by Gasteiger charge is 2.42. The molecule has 1 unspecified atom stereocenters. The number of nitrogens with zero attached hydrogens (tertiary/aromatic N) is 2. The quantitative estimate of drug-likeness (QED) is 0.923. The lowest BCUT2D eigenvalue weighted by Crippen LogP contribution is -2.44. The van der Waals surface area contributed by atoms with Gasteiger partial charge < -0.3 is 14.9 Å². The summed E-state index contributed by atoms with van der Waals surface area (Å²) in [6, 6.07) is 6.69. The van der Waals surface area contributed by atoms with E-state index in [1.165, 1.54) is 4.90 Å². The van der Waals surface area contributed by atoms with Crippen LogP contribution >= 0.6 is 0 Å². The average molecular weight is 330 g/mol. The third-order valence-corrected chi connectivity index (χ3v) is 4.16. The monoisotopic (exact) mass is 330 g/mol. The fraction of sp³-hybridized carbons (Fsp3) is 0.562. The van der Waals surface area contributed by atoms with Crippen LogP contribution in [0.25, 0.3) is 0 Å². The summed E-state index contributed by atoms with van der Waals surface area (Å²) in [7, 11) is 1.81. The third-order valence-electron chi connectivity index (χ3n) is 4.16. The zero-order valence-electron chi connectivity index (χ0n) is 13.0. The summed E-state index contributed by atoms with van der Waals surface area (Å²) < 4.78 is 38.5. The summed E-state index contributed by atoms with van der Waals surface area (Å²) in [4.78, 5) is 15.5. The van der Waals surface area contributed by atoms with Crippen LogP contribution in [0.5, 0.6) is 0 Å². The van der Waals surface area contributed by atoms with Crippen molar-refractivity contribution in [3.63, 3.8) is 0 Å². The largest absolute Gasteiger partial charge is 0.395 e. The highest BCUT2D eigenvalue weighted by Crippen LogP contribution is 2.33. The van der Waals surface area contributed by atoms with Crippen LogP contribution in [-0.2, 0) is 0 Å². The molecule has 0 radical (unpaired) electrons. The van der Waals surface area contributed by atoms with Crippen LogP contribution in [0.4, 0.5) is 18.9 Å². The molecule has 2 rings (SSSR count). The summed E-state index contributed by atoms with van der Waals surface area (Å²) in [6.07, 6.45) is -3.80. The molecule has 1 aromatic rings. The van der Waals surface area contributed by atoms with E-state index in [2.05, 4.69) is 0 Å². The fourth-order valence-corrected chi connectivity index (χ4v) is 2.75. The maximum atomic E-state index is 12.8. The Bertz CT molecular complexity index is 531. The lowest BCUT2D eigenvalue weighted by atomic mass is 9.97. The van der Waals surface area contributed by atoms with E-state index in [4.69, 9.17) is 5.11 Å². The molecule has 0 spiro atoms. The molecule has 0 bridgehead atoms. The second kappa shape index (κ2) is 7.21. The van der Waals surface area contributed by atoms with E-state index in [9.17, 15) is 18.0 Å². The van der Waals surface area contributed by atoms with E-state index in [1.807, 2.05) is 11.9 Å². The van der Waals surface area contributed by atoms with E-state index in [-0.39, 0.29) is 25.5 Å². The summed E-state index contributed by atoms with van der Waals surface area (Å²) >= 11 is 0. The van der Waals surface area contributed by atoms with E-state index in [0.29, 0.717) is 25.1 Å². The first kappa shape index (κ1) is 17.6. The summed E-state index contributed by atoms with van der Waals surface area (Å²) in [6.45, 7) is 0.572. The standard InChI is InChI=1S/C16H21F3N2O2/c1-20(9-10-22)14-6-4-12(5-7-14)15(23)21-8-2-3-13(11-21)16(17,18)19/h4-7,13,22H,2-3,8-11H2,1H3. The molecular formula is C16H21F3N2O2. The Morgan fingerprint density at radius 1 is 1.35 bits per heavy atom. The van der Waals surface area contributed by atoms with Crippen molar-refractivity contribution in [2.75, 3.05) is 38.2 Å². The Morgan fingerprint density at radius 3 is 2.57 bits per heavy atom. The van der Waals surface area contributed by atoms with Gasteiger partial charge in [0.25, 0.3) is 5.91 Å². The molecule has 1 amide bonds. The van der Waals surface area contributed by atoms with Crippen molar-refractivity contribution in [3.8, 4) is 0 Å². The van der Waals surface area contributed by atoms with Crippen molar-refractivity contribution in [1.29, 1.82) is 0 Å². The molecule has 4 nitrogen and oxygen atoms in total. The fourth-order valence-electron chi connectivity index (χ4n) is 2.75. The summed E-state index contributed by atoms with van der Waals surface area (Å²) in [5, 5.41) is 8.91. The van der Waals surface area contributed by atoms with Gasteiger partial charge in [-0.25, -0.2) is 0 Å². The molecule has 1 aromatic carbocycles. The molecule has 7 heteroatoms. The second-order valence-corrected chi connectivity index (χ2v) is 5.82. The van der Waals surface area contributed by atoms with Gasteiger partial charge in [0, 0.05) is 37.9 Å². The number of aliphatic hydroxyl groups is 1. The molecule has 1 fully saturated rings. The number of rotatable bonds is 4. The van der Waals surface area contributed by atoms with Crippen LogP contribution in [0.3, 0.4) is 0 Å². The van der Waals surface area contributed by atoms with Crippen molar-refractivity contribution in [2.45, 2.75) is 19.0 Å². The Balaban J connectivity index is 2.05. The van der Waals surface area contributed by atoms with E-state index in [0.717, 1.165) is 5.69 Å². The Hall–Kier alpha value is -1.76. The normalized spacial score (nSPS) is 18.8. The first-order chi connectivity index (χ1) is 10.8. The Labute approximate surface area is 133 Å². The molecule has 0 aromatic heterocycles. The molecule has 1 saturated heterocycles. The minimum atomic E-state index is -4.25. The van der Waals surface area contributed by atoms with Crippen molar-refractivity contribution < 1.29 is 23.1 Å². The highest BCUT2D eigenvalue weighted by atomic mass is 19.4. The van der Waals surface area contributed by atoms with Gasteiger partial charge in [0.1, 0.15) is 0 Å². The summed E-state index contributed by atoms with van der Waals surface area (Å²) in [5.41, 5.74) is 1.22. The van der Waals surface area contributed by atoms with Gasteiger partial charge in [0.15, 0.2) is 0 Å². The van der Waals surface area contributed by atoms with Crippen LogP contribution < -0.4 is 4.90 Å². The molecular weight excluding hydrogens is 309 g/mol. The number of benzene rings is 1. The molecule has 23 heavy (non-hydrogen) atoms. The maximum Gasteiger partial charge on any atom is 0.393 e. The second-order valence-electron chi connectivity index (χ2n) is 5.82. The van der Waals surface area contributed by atoms with Gasteiger partial charge in [-0.2, -0.15) is 13.2 Å². The SMILES string of the molecule is CN(CCO)c1ccc(C(=O)N2CCCC(C(F)(F)F)C2)cc1. The van der Waals surface area contributed by atoms with Crippen LogP contribution in [0.15, 0.2) is 24.3 Å². The van der Waals surface area contributed by atoms with Gasteiger partial charge >= 0.3 is 6.18 Å². The number of piperidine rings is 1. The van der Waals surface area contributed by atoms with Gasteiger partial charge in [-0.15, -0.1) is 0 Å². The van der Waals surface area contributed by atoms with Gasteiger partial charge in [0.2, 0.25) is 0 Å². The number of carbonyl (C=O) groups is 1. The van der Waals surface area contributed by atoms with Crippen LogP contribution in [0.2, 0.25) is 0 Å². The van der Waals surface area contributed by atoms with Crippen molar-refractivity contribution in [2.24, 2.45) is 5.92 Å². The molecule has 1 aliphatic heterocycles. The third kappa shape index (κ3) is 4.37. The zero-order valence-corrected chi connectivity index (χ0v) is 13.0. The molecule has 1 atom stereocenters. The number of likely N-dealkylation sites (tertiary alicyclic amines) is 1. The first-order valence-corrected chi connectivity index (χ1v) is 7.61. The predicted octanol–water partition coefficient (Wildman–Crippen LogP) is 2.53. The highest BCUT2D eigenvalue weighted by molar-refractivity contribution is 5.94. The molecule has 0 aliphatic carbocycles. The van der Waals surface area contributed by atoms with Crippen molar-refractivity contribution in [3.05, 3.63) is 29.8 Å². The average Bonchev–Trinajstić information content (AvgIpc) is 2.54. The van der Waals surface area contributed by atoms with Gasteiger partial charge in [-0.3, -0.25) is 4.79 Å². The van der Waals surface area contributed by atoms with Crippen LogP contribution in [0, 0.1) is 5.92 Å². The number of alkyl halides is 3. The van der Waals surface area contributed by atoms with Gasteiger partial charge in [-0.1, -0.05) is 0 Å². The predicted molar refractivity (Wildman–Crippen MR) is 81.5 cm³/mol. The molecule has 1 N–H and O–H groups in total. The number of aliphatic hydroxyl groups excluding tert-OH is 1. The molecule has 1 heterocycles. The lowest BCUT2D eigenvalue weighted by Gasteiger charge is -2.33. The lowest BCUT2D eigenvalue weighted by molar-refractivity contribution is -0.184. The molecule has 1 aliphatic rings. The number of hydrogen-bond acceptors (Lipinski definition) is 3. The van der Waals surface area contributed by atoms with Crippen LogP contribution in [-0.4, -0.2) is 55.4 Å². The number of likely N-dealkylation sites (N-methyl/N-ethyl adjacent to an activating group) is 1. The van der Waals surface area contributed by atoms with Crippen molar-refractivity contribution >= 4 is 11.6 Å². The molecule has 0 saturated carbocycles. The number of amides is 1. The number of halogens is 3. The first-order valence-electron chi connectivity index (χ1n) is 7.61. The van der Waals surface area contributed by atoms with Crippen LogP contribution in [0.1, 0.15) is 23.2 Å². The van der Waals surface area contributed by atoms with Crippen molar-refractivity contribution in [1.82, 2.24) is 4.90 Å². The number of hydrogen-bond donors (Lipinski definition) is 1. The van der Waals surface area contributed by atoms with E-state index in [1.54, 1.807) is 24.3 Å². The van der Waals surface area contributed by atoms with E-state index >= 15 is 0 Å². The minimum Gasteiger partial charge on any atom is -0.395 e. The molecule has 128 valence electrons. The van der Waals surface area contributed by atoms with Gasteiger partial charge in [0.05, 0.1) is 12.5 Å². The topological polar surface area (TPSA) is 43.8 Å². The Kier molecular flexibility index (Phi) is 5.51. The Morgan fingerprint density at radius 2 is 2.00 bits per heavy atom. The van der Waals surface area contributed by atoms with E-state index < -0.39 is 12.1 Å². The summed E-state index contributed by atoms with van der Waals surface area (Å²) in [5.74, 6) is -1.80. The zero-order chi connectivity index (χ0) is 17.0. The number of carbonyl (C=O) groups excluding carboxylic acids is 1. The number of anilines is 1. The minimum absolute atomic E-state index is 0.0176. The maximum absolute atomic E-state index is 12.8. The van der Waals surface area contributed by atoms with Gasteiger partial charge in [-0.05, 0) is 37.1 Å².